The van der Waals surface area contributed by atoms with E-state index in [0.717, 1.165) is 16.5 Å². The fourth-order valence-corrected chi connectivity index (χ4v) is 3.27. The van der Waals surface area contributed by atoms with E-state index in [4.69, 9.17) is 0 Å². The Bertz CT molecular complexity index is 896. The van der Waals surface area contributed by atoms with Crippen molar-refractivity contribution >= 4 is 26.6 Å². The molecule has 5 nitrogen and oxygen atoms in total. The lowest BCUT2D eigenvalue weighted by molar-refractivity contribution is 0.601. The van der Waals surface area contributed by atoms with E-state index < -0.39 is 10.0 Å². The van der Waals surface area contributed by atoms with Gasteiger partial charge >= 0.3 is 0 Å². The van der Waals surface area contributed by atoms with Crippen LogP contribution >= 0.6 is 0 Å². The molecule has 0 saturated carbocycles. The number of anilines is 1. The summed E-state index contributed by atoms with van der Waals surface area (Å²) in [6.07, 6.45) is 1.66. The minimum atomic E-state index is -3.60. The van der Waals surface area contributed by atoms with Gasteiger partial charge in [-0.25, -0.2) is 8.42 Å². The SMILES string of the molecule is Cc1ccc(S(=O)(=O)Nc2cccc3c2cnn3C)cc1. The van der Waals surface area contributed by atoms with Gasteiger partial charge in [-0.15, -0.1) is 0 Å². The summed E-state index contributed by atoms with van der Waals surface area (Å²) < 4.78 is 29.2. The molecule has 0 aliphatic carbocycles. The fourth-order valence-electron chi connectivity index (χ4n) is 2.19. The smallest absolute Gasteiger partial charge is 0.261 e. The van der Waals surface area contributed by atoms with Crippen LogP contribution in [0.4, 0.5) is 5.69 Å². The monoisotopic (exact) mass is 301 g/mol. The second-order valence-corrected chi connectivity index (χ2v) is 6.61. The van der Waals surface area contributed by atoms with Gasteiger partial charge in [0, 0.05) is 12.4 Å². The van der Waals surface area contributed by atoms with E-state index in [-0.39, 0.29) is 4.90 Å². The van der Waals surface area contributed by atoms with E-state index in [0.29, 0.717) is 5.69 Å². The number of hydrogen-bond acceptors (Lipinski definition) is 3. The van der Waals surface area contributed by atoms with Crippen molar-refractivity contribution in [1.82, 2.24) is 9.78 Å². The molecule has 3 aromatic rings. The van der Waals surface area contributed by atoms with Gasteiger partial charge in [0.15, 0.2) is 0 Å². The van der Waals surface area contributed by atoms with Crippen LogP contribution in [0.3, 0.4) is 0 Å². The lowest BCUT2D eigenvalue weighted by Crippen LogP contribution is -2.13. The maximum Gasteiger partial charge on any atom is 0.261 e. The van der Waals surface area contributed by atoms with Crippen molar-refractivity contribution in [3.05, 3.63) is 54.2 Å². The molecule has 0 bridgehead atoms. The number of nitrogens with zero attached hydrogens (tertiary/aromatic N) is 2. The van der Waals surface area contributed by atoms with Gasteiger partial charge < -0.3 is 0 Å². The fraction of sp³-hybridized carbons (Fsp3) is 0.133. The van der Waals surface area contributed by atoms with E-state index in [1.807, 2.05) is 20.0 Å². The number of hydrogen-bond donors (Lipinski definition) is 1. The molecule has 0 aliphatic heterocycles. The predicted octanol–water partition coefficient (Wildman–Crippen LogP) is 2.68. The molecule has 0 radical (unpaired) electrons. The summed E-state index contributed by atoms with van der Waals surface area (Å²) in [6.45, 7) is 1.92. The molecule has 0 unspecified atom stereocenters. The average Bonchev–Trinajstić information content (AvgIpc) is 2.82. The van der Waals surface area contributed by atoms with Crippen LogP contribution in [0, 0.1) is 6.92 Å². The number of benzene rings is 2. The van der Waals surface area contributed by atoms with Gasteiger partial charge in [-0.05, 0) is 31.2 Å². The van der Waals surface area contributed by atoms with Crippen molar-refractivity contribution in [2.24, 2.45) is 7.05 Å². The molecule has 0 spiro atoms. The van der Waals surface area contributed by atoms with Gasteiger partial charge in [-0.2, -0.15) is 5.10 Å². The van der Waals surface area contributed by atoms with Crippen LogP contribution in [0.2, 0.25) is 0 Å². The standard InChI is InChI=1S/C15H15N3O2S/c1-11-6-8-12(9-7-11)21(19,20)17-14-4-3-5-15-13(14)10-16-18(15)2/h3-10,17H,1-2H3. The van der Waals surface area contributed by atoms with E-state index in [1.165, 1.54) is 0 Å². The maximum atomic E-state index is 12.4. The molecule has 0 amide bonds. The Hall–Kier alpha value is -2.34. The number of rotatable bonds is 3. The van der Waals surface area contributed by atoms with Crippen LogP contribution in [-0.2, 0) is 17.1 Å². The Kier molecular flexibility index (Phi) is 3.17. The molecular formula is C15H15N3O2S. The molecule has 3 rings (SSSR count). The molecule has 1 aromatic heterocycles. The number of fused-ring (bicyclic) bond motifs is 1. The maximum absolute atomic E-state index is 12.4. The normalized spacial score (nSPS) is 11.7. The molecule has 0 fully saturated rings. The van der Waals surface area contributed by atoms with E-state index in [9.17, 15) is 8.42 Å². The van der Waals surface area contributed by atoms with Gasteiger partial charge in [0.25, 0.3) is 10.0 Å². The highest BCUT2D eigenvalue weighted by molar-refractivity contribution is 7.92. The number of aryl methyl sites for hydroxylation is 2. The molecule has 1 heterocycles. The Morgan fingerprint density at radius 3 is 2.52 bits per heavy atom. The average molecular weight is 301 g/mol. The zero-order chi connectivity index (χ0) is 15.0. The number of sulfonamides is 1. The summed E-state index contributed by atoms with van der Waals surface area (Å²) in [5.41, 5.74) is 2.42. The lowest BCUT2D eigenvalue weighted by Gasteiger charge is -2.09. The Morgan fingerprint density at radius 1 is 1.10 bits per heavy atom. The van der Waals surface area contributed by atoms with Crippen molar-refractivity contribution < 1.29 is 8.42 Å². The molecule has 2 aromatic carbocycles. The first-order valence-corrected chi connectivity index (χ1v) is 7.96. The third kappa shape index (κ3) is 2.50. The summed E-state index contributed by atoms with van der Waals surface area (Å²) in [4.78, 5) is 0.244. The van der Waals surface area contributed by atoms with Crippen molar-refractivity contribution in [1.29, 1.82) is 0 Å². The van der Waals surface area contributed by atoms with Gasteiger partial charge in [0.1, 0.15) is 0 Å². The van der Waals surface area contributed by atoms with Crippen molar-refractivity contribution in [2.75, 3.05) is 4.72 Å². The van der Waals surface area contributed by atoms with Crippen molar-refractivity contribution in [2.45, 2.75) is 11.8 Å². The second-order valence-electron chi connectivity index (χ2n) is 4.93. The first-order valence-electron chi connectivity index (χ1n) is 6.47. The topological polar surface area (TPSA) is 64.0 Å². The highest BCUT2D eigenvalue weighted by atomic mass is 32.2. The zero-order valence-electron chi connectivity index (χ0n) is 11.7. The molecule has 0 aliphatic rings. The molecule has 108 valence electrons. The van der Waals surface area contributed by atoms with Gasteiger partial charge in [-0.1, -0.05) is 23.8 Å². The third-order valence-corrected chi connectivity index (χ3v) is 4.75. The summed E-state index contributed by atoms with van der Waals surface area (Å²) in [5, 5.41) is 4.93. The summed E-state index contributed by atoms with van der Waals surface area (Å²) in [6, 6.07) is 12.2. The summed E-state index contributed by atoms with van der Waals surface area (Å²) in [7, 11) is -1.78. The quantitative estimate of drug-likeness (QED) is 0.809. The largest absolute Gasteiger partial charge is 0.279 e. The van der Waals surface area contributed by atoms with Crippen molar-refractivity contribution in [3.8, 4) is 0 Å². The van der Waals surface area contributed by atoms with Crippen LogP contribution in [-0.4, -0.2) is 18.2 Å². The molecule has 6 heteroatoms. The molecular weight excluding hydrogens is 286 g/mol. The van der Waals surface area contributed by atoms with Crippen LogP contribution in [0.15, 0.2) is 53.6 Å². The van der Waals surface area contributed by atoms with Crippen LogP contribution in [0.25, 0.3) is 10.9 Å². The summed E-state index contributed by atoms with van der Waals surface area (Å²) >= 11 is 0. The molecule has 0 atom stereocenters. The van der Waals surface area contributed by atoms with E-state index >= 15 is 0 Å². The zero-order valence-corrected chi connectivity index (χ0v) is 12.6. The Morgan fingerprint density at radius 2 is 1.81 bits per heavy atom. The van der Waals surface area contributed by atoms with Crippen LogP contribution in [0.5, 0.6) is 0 Å². The second kappa shape index (κ2) is 4.89. The molecule has 21 heavy (non-hydrogen) atoms. The molecule has 1 N–H and O–H groups in total. The van der Waals surface area contributed by atoms with E-state index in [1.54, 1.807) is 47.3 Å². The minimum absolute atomic E-state index is 0.244. The molecule has 0 saturated heterocycles. The first-order chi connectivity index (χ1) is 9.97. The van der Waals surface area contributed by atoms with Gasteiger partial charge in [0.2, 0.25) is 0 Å². The predicted molar refractivity (Wildman–Crippen MR) is 82.7 cm³/mol. The number of nitrogens with one attached hydrogen (secondary N) is 1. The highest BCUT2D eigenvalue weighted by Crippen LogP contribution is 2.25. The Balaban J connectivity index is 2.03. The number of aromatic nitrogens is 2. The van der Waals surface area contributed by atoms with E-state index in [2.05, 4.69) is 9.82 Å². The van der Waals surface area contributed by atoms with Crippen molar-refractivity contribution in [3.63, 3.8) is 0 Å². The highest BCUT2D eigenvalue weighted by Gasteiger charge is 2.16. The minimum Gasteiger partial charge on any atom is -0.279 e. The van der Waals surface area contributed by atoms with Gasteiger partial charge in [-0.3, -0.25) is 9.40 Å². The lowest BCUT2D eigenvalue weighted by atomic mass is 10.2. The van der Waals surface area contributed by atoms with Crippen LogP contribution in [0.1, 0.15) is 5.56 Å². The van der Waals surface area contributed by atoms with Gasteiger partial charge in [0.05, 0.1) is 22.3 Å². The first kappa shape index (κ1) is 13.6. The third-order valence-electron chi connectivity index (χ3n) is 3.37. The summed E-state index contributed by atoms with van der Waals surface area (Å²) in [5.74, 6) is 0. The Labute approximate surface area is 123 Å². The van der Waals surface area contributed by atoms with Crippen LogP contribution < -0.4 is 4.72 Å².